The van der Waals surface area contributed by atoms with E-state index < -0.39 is 0 Å². The van der Waals surface area contributed by atoms with E-state index in [9.17, 15) is 4.79 Å². The highest BCUT2D eigenvalue weighted by Crippen LogP contribution is 2.21. The molecule has 1 amide bonds. The van der Waals surface area contributed by atoms with Crippen LogP contribution < -0.4 is 10.1 Å². The molecule has 3 rings (SSSR count). The topological polar surface area (TPSA) is 51.2 Å². The van der Waals surface area contributed by atoms with Crippen LogP contribution in [-0.2, 0) is 13.0 Å². The molecule has 1 aromatic carbocycles. The summed E-state index contributed by atoms with van der Waals surface area (Å²) in [4.78, 5) is 16.1. The first-order chi connectivity index (χ1) is 9.72. The zero-order chi connectivity index (χ0) is 13.9. The van der Waals surface area contributed by atoms with Gasteiger partial charge in [0.25, 0.3) is 5.91 Å². The molecule has 4 nitrogen and oxygen atoms in total. The van der Waals surface area contributed by atoms with Crippen molar-refractivity contribution in [3.8, 4) is 5.75 Å². The van der Waals surface area contributed by atoms with Crippen LogP contribution in [0, 0.1) is 6.92 Å². The van der Waals surface area contributed by atoms with Gasteiger partial charge in [-0.15, -0.1) is 0 Å². The van der Waals surface area contributed by atoms with Crippen LogP contribution in [0.15, 0.2) is 36.4 Å². The maximum Gasteiger partial charge on any atom is 0.251 e. The van der Waals surface area contributed by atoms with Gasteiger partial charge in [-0.25, -0.2) is 0 Å². The fraction of sp³-hybridized carbons (Fsp3) is 0.250. The average molecular weight is 268 g/mol. The second kappa shape index (κ2) is 5.33. The number of nitrogens with one attached hydrogen (secondary N) is 1. The van der Waals surface area contributed by atoms with Gasteiger partial charge in [-0.1, -0.05) is 6.07 Å². The average Bonchev–Trinajstić information content (AvgIpc) is 2.45. The van der Waals surface area contributed by atoms with Crippen molar-refractivity contribution in [3.63, 3.8) is 0 Å². The zero-order valence-electron chi connectivity index (χ0n) is 11.3. The molecular formula is C16H16N2O2. The summed E-state index contributed by atoms with van der Waals surface area (Å²) in [7, 11) is 0. The van der Waals surface area contributed by atoms with Gasteiger partial charge in [-0.05, 0) is 49.2 Å². The Hall–Kier alpha value is -2.36. The van der Waals surface area contributed by atoms with Gasteiger partial charge >= 0.3 is 0 Å². The first-order valence-corrected chi connectivity index (χ1v) is 6.69. The molecule has 20 heavy (non-hydrogen) atoms. The van der Waals surface area contributed by atoms with Crippen molar-refractivity contribution in [2.75, 3.05) is 6.54 Å². The van der Waals surface area contributed by atoms with Crippen molar-refractivity contribution >= 4 is 5.91 Å². The van der Waals surface area contributed by atoms with E-state index in [2.05, 4.69) is 10.3 Å². The Bertz CT molecular complexity index is 653. The summed E-state index contributed by atoms with van der Waals surface area (Å²) in [6, 6.07) is 11.5. The molecule has 0 radical (unpaired) electrons. The fourth-order valence-corrected chi connectivity index (χ4v) is 2.33. The van der Waals surface area contributed by atoms with E-state index in [1.54, 1.807) is 0 Å². The van der Waals surface area contributed by atoms with Crippen LogP contribution in [0.2, 0.25) is 0 Å². The monoisotopic (exact) mass is 268 g/mol. The number of aromatic nitrogens is 1. The minimum atomic E-state index is -0.00171. The van der Waals surface area contributed by atoms with Gasteiger partial charge < -0.3 is 10.1 Å². The molecule has 102 valence electrons. The Morgan fingerprint density at radius 1 is 1.30 bits per heavy atom. The van der Waals surface area contributed by atoms with Crippen molar-refractivity contribution in [2.45, 2.75) is 20.0 Å². The van der Waals surface area contributed by atoms with E-state index in [4.69, 9.17) is 4.74 Å². The number of benzene rings is 1. The number of aryl methyl sites for hydroxylation is 1. The molecule has 4 heteroatoms. The van der Waals surface area contributed by atoms with Crippen LogP contribution in [0.5, 0.6) is 5.75 Å². The minimum Gasteiger partial charge on any atom is -0.487 e. The predicted molar refractivity (Wildman–Crippen MR) is 75.8 cm³/mol. The molecule has 0 saturated carbocycles. The van der Waals surface area contributed by atoms with Crippen LogP contribution in [0.4, 0.5) is 0 Å². The molecule has 0 spiro atoms. The third-order valence-electron chi connectivity index (χ3n) is 3.33. The summed E-state index contributed by atoms with van der Waals surface area (Å²) in [5, 5.41) is 2.83. The summed E-state index contributed by atoms with van der Waals surface area (Å²) in [5.41, 5.74) is 3.68. The second-order valence-corrected chi connectivity index (χ2v) is 4.88. The van der Waals surface area contributed by atoms with Gasteiger partial charge in [0.15, 0.2) is 0 Å². The normalized spacial score (nSPS) is 13.6. The van der Waals surface area contributed by atoms with Crippen molar-refractivity contribution in [2.24, 2.45) is 0 Å². The highest BCUT2D eigenvalue weighted by molar-refractivity contribution is 5.96. The lowest BCUT2D eigenvalue weighted by Gasteiger charge is -2.17. The fourth-order valence-electron chi connectivity index (χ4n) is 2.33. The van der Waals surface area contributed by atoms with Gasteiger partial charge in [-0.3, -0.25) is 9.78 Å². The van der Waals surface area contributed by atoms with Crippen molar-refractivity contribution in [1.29, 1.82) is 0 Å². The van der Waals surface area contributed by atoms with E-state index in [1.165, 1.54) is 0 Å². The Balaban J connectivity index is 1.74. The Labute approximate surface area is 117 Å². The number of pyridine rings is 1. The molecule has 1 N–H and O–H groups in total. The molecule has 0 bridgehead atoms. The summed E-state index contributed by atoms with van der Waals surface area (Å²) < 4.78 is 5.75. The number of hydrogen-bond donors (Lipinski definition) is 1. The first-order valence-electron chi connectivity index (χ1n) is 6.69. The van der Waals surface area contributed by atoms with Crippen LogP contribution in [0.3, 0.4) is 0 Å². The Morgan fingerprint density at radius 2 is 2.20 bits per heavy atom. The SMILES string of the molecule is Cc1cccc(COc2ccc3c(c2)CCNC3=O)n1. The number of ether oxygens (including phenoxy) is 1. The molecule has 0 saturated heterocycles. The smallest absolute Gasteiger partial charge is 0.251 e. The third-order valence-corrected chi connectivity index (χ3v) is 3.33. The summed E-state index contributed by atoms with van der Waals surface area (Å²) in [6.45, 7) is 3.09. The number of fused-ring (bicyclic) bond motifs is 1. The highest BCUT2D eigenvalue weighted by atomic mass is 16.5. The number of rotatable bonds is 3. The van der Waals surface area contributed by atoms with Gasteiger partial charge in [0.05, 0.1) is 5.69 Å². The van der Waals surface area contributed by atoms with Crippen LogP contribution in [-0.4, -0.2) is 17.4 Å². The molecular weight excluding hydrogens is 252 g/mol. The minimum absolute atomic E-state index is 0.00171. The summed E-state index contributed by atoms with van der Waals surface area (Å²) >= 11 is 0. The lowest BCUT2D eigenvalue weighted by Crippen LogP contribution is -2.31. The number of carbonyl (C=O) groups excluding carboxylic acids is 1. The van der Waals surface area contributed by atoms with Crippen molar-refractivity contribution < 1.29 is 9.53 Å². The predicted octanol–water partition coefficient (Wildman–Crippen LogP) is 2.25. The highest BCUT2D eigenvalue weighted by Gasteiger charge is 2.16. The Kier molecular flexibility index (Phi) is 3.37. The van der Waals surface area contributed by atoms with E-state index in [0.29, 0.717) is 13.2 Å². The molecule has 1 aliphatic heterocycles. The van der Waals surface area contributed by atoms with Crippen molar-refractivity contribution in [3.05, 3.63) is 58.9 Å². The van der Waals surface area contributed by atoms with Gasteiger partial charge in [-0.2, -0.15) is 0 Å². The van der Waals surface area contributed by atoms with Crippen LogP contribution >= 0.6 is 0 Å². The lowest BCUT2D eigenvalue weighted by molar-refractivity contribution is 0.0946. The van der Waals surface area contributed by atoms with Crippen molar-refractivity contribution in [1.82, 2.24) is 10.3 Å². The molecule has 1 aliphatic rings. The van der Waals surface area contributed by atoms with E-state index >= 15 is 0 Å². The first kappa shape index (κ1) is 12.7. The van der Waals surface area contributed by atoms with Gasteiger partial charge in [0, 0.05) is 17.8 Å². The molecule has 0 atom stereocenters. The lowest BCUT2D eigenvalue weighted by atomic mass is 10.0. The van der Waals surface area contributed by atoms with Gasteiger partial charge in [0.2, 0.25) is 0 Å². The number of carbonyl (C=O) groups is 1. The quantitative estimate of drug-likeness (QED) is 0.929. The van der Waals surface area contributed by atoms with Crippen LogP contribution in [0.25, 0.3) is 0 Å². The summed E-state index contributed by atoms with van der Waals surface area (Å²) in [6.07, 6.45) is 0.848. The Morgan fingerprint density at radius 3 is 3.05 bits per heavy atom. The standard InChI is InChI=1S/C16H16N2O2/c1-11-3-2-4-13(18-11)10-20-14-5-6-15-12(9-14)7-8-17-16(15)19/h2-6,9H,7-8,10H2,1H3,(H,17,19). The molecule has 1 aromatic heterocycles. The third kappa shape index (κ3) is 2.64. The molecule has 0 fully saturated rings. The summed E-state index contributed by atoms with van der Waals surface area (Å²) in [5.74, 6) is 0.778. The largest absolute Gasteiger partial charge is 0.487 e. The molecule has 2 heterocycles. The molecule has 0 unspecified atom stereocenters. The number of amides is 1. The maximum atomic E-state index is 11.7. The maximum absolute atomic E-state index is 11.7. The van der Waals surface area contributed by atoms with Crippen LogP contribution in [0.1, 0.15) is 27.3 Å². The van der Waals surface area contributed by atoms with E-state index in [1.807, 2.05) is 43.3 Å². The second-order valence-electron chi connectivity index (χ2n) is 4.88. The van der Waals surface area contributed by atoms with E-state index in [0.717, 1.165) is 34.7 Å². The molecule has 0 aliphatic carbocycles. The van der Waals surface area contributed by atoms with Gasteiger partial charge in [0.1, 0.15) is 12.4 Å². The zero-order valence-corrected chi connectivity index (χ0v) is 11.3. The number of nitrogens with zero attached hydrogens (tertiary/aromatic N) is 1. The number of hydrogen-bond acceptors (Lipinski definition) is 3. The molecule has 2 aromatic rings. The van der Waals surface area contributed by atoms with E-state index in [-0.39, 0.29) is 5.91 Å².